The Labute approximate surface area is 254 Å². The maximum atomic E-state index is 14.6. The van der Waals surface area contributed by atoms with Crippen molar-refractivity contribution in [1.29, 1.82) is 0 Å². The second kappa shape index (κ2) is 13.2. The zero-order chi connectivity index (χ0) is 30.6. The third kappa shape index (κ3) is 6.76. The molecule has 1 N–H and O–H groups in total. The number of nitrogens with zero attached hydrogens (tertiary/aromatic N) is 4. The molecule has 1 aliphatic heterocycles. The molecule has 0 spiro atoms. The molecule has 4 aromatic rings. The summed E-state index contributed by atoms with van der Waals surface area (Å²) in [5, 5.41) is 13.9. The molecule has 5 rings (SSSR count). The van der Waals surface area contributed by atoms with Crippen molar-refractivity contribution < 1.29 is 23.8 Å². The Balaban J connectivity index is 0.000000392. The van der Waals surface area contributed by atoms with Gasteiger partial charge in [0, 0.05) is 56.6 Å². The molecule has 0 radical (unpaired) electrons. The van der Waals surface area contributed by atoms with E-state index in [-0.39, 0.29) is 30.0 Å². The van der Waals surface area contributed by atoms with Crippen molar-refractivity contribution in [2.45, 2.75) is 39.8 Å². The summed E-state index contributed by atoms with van der Waals surface area (Å²) in [6.45, 7) is 9.74. The number of hydrogen-bond acceptors (Lipinski definition) is 7. The Morgan fingerprint density at radius 2 is 1.86 bits per heavy atom. The van der Waals surface area contributed by atoms with E-state index in [9.17, 15) is 9.18 Å². The summed E-state index contributed by atoms with van der Waals surface area (Å²) in [6.07, 6.45) is 2.05. The van der Waals surface area contributed by atoms with Gasteiger partial charge in [-0.25, -0.2) is 9.67 Å². The third-order valence-electron chi connectivity index (χ3n) is 6.86. The number of pyridine rings is 1. The number of ether oxygens (including phenoxy) is 2. The van der Waals surface area contributed by atoms with Crippen LogP contribution in [-0.4, -0.2) is 63.4 Å². The van der Waals surface area contributed by atoms with Crippen LogP contribution >= 0.6 is 23.2 Å². The third-order valence-corrected chi connectivity index (χ3v) is 7.29. The van der Waals surface area contributed by atoms with Gasteiger partial charge in [-0.1, -0.05) is 23.2 Å². The Kier molecular flexibility index (Phi) is 9.89. The molecule has 42 heavy (non-hydrogen) atoms. The zero-order valence-corrected chi connectivity index (χ0v) is 25.6. The van der Waals surface area contributed by atoms with Gasteiger partial charge in [0.1, 0.15) is 23.8 Å². The van der Waals surface area contributed by atoms with Crippen LogP contribution in [0.4, 0.5) is 4.39 Å². The highest BCUT2D eigenvalue weighted by atomic mass is 35.5. The highest BCUT2D eigenvalue weighted by Crippen LogP contribution is 2.46. The highest BCUT2D eigenvalue weighted by molar-refractivity contribution is 6.34. The van der Waals surface area contributed by atoms with E-state index in [0.717, 1.165) is 6.54 Å². The fraction of sp³-hybridized carbons (Fsp3) is 0.323. The van der Waals surface area contributed by atoms with Gasteiger partial charge in [-0.3, -0.25) is 9.69 Å². The standard InChI is InChI=1S/C24H16Cl2FN3O3.C7H17NO/c1-2-32-21-10-22-18(9-17(21)16-4-3-5-28-24(16)27)23-19(12-33-22)20(11-31)29-30(23)15-7-13(25)6-14(26)8-15;1-7(2,3)8(4)5-6-9/h3-11H,2,12H2,1H3;9H,5-6H2,1-4H3. The van der Waals surface area contributed by atoms with Crippen LogP contribution in [0.3, 0.4) is 0 Å². The van der Waals surface area contributed by atoms with E-state index < -0.39 is 5.95 Å². The molecule has 0 bridgehead atoms. The highest BCUT2D eigenvalue weighted by Gasteiger charge is 2.29. The Morgan fingerprint density at radius 3 is 2.43 bits per heavy atom. The number of aliphatic hydroxyl groups is 1. The number of fused-ring (bicyclic) bond motifs is 3. The van der Waals surface area contributed by atoms with E-state index in [1.807, 2.05) is 14.0 Å². The molecule has 0 unspecified atom stereocenters. The fourth-order valence-corrected chi connectivity index (χ4v) is 4.92. The van der Waals surface area contributed by atoms with Gasteiger partial charge in [0.05, 0.1) is 24.6 Å². The van der Waals surface area contributed by atoms with E-state index in [2.05, 4.69) is 35.8 Å². The SMILES string of the molecule is CCOc1cc2c(cc1-c1cccnc1F)-c1c(c(C=O)nn1-c1cc(Cl)cc(Cl)c1)CO2.CN(CCO)C(C)(C)C. The molecule has 1 aliphatic rings. The lowest BCUT2D eigenvalue weighted by Gasteiger charge is -2.30. The number of aliphatic hydroxyl groups excluding tert-OH is 1. The number of carbonyl (C=O) groups is 1. The van der Waals surface area contributed by atoms with E-state index in [1.165, 1.54) is 6.20 Å². The number of benzene rings is 2. The van der Waals surface area contributed by atoms with Gasteiger partial charge in [-0.05, 0) is 71.1 Å². The van der Waals surface area contributed by atoms with Crippen molar-refractivity contribution in [1.82, 2.24) is 19.7 Å². The monoisotopic (exact) mass is 614 g/mol. The van der Waals surface area contributed by atoms with E-state index >= 15 is 0 Å². The van der Waals surface area contributed by atoms with Gasteiger partial charge < -0.3 is 14.6 Å². The maximum Gasteiger partial charge on any atom is 0.220 e. The first-order valence-corrected chi connectivity index (χ1v) is 14.1. The number of likely N-dealkylation sites (N-methyl/N-ethyl adjacent to an activating group) is 1. The first kappa shape index (κ1) is 31.4. The second-order valence-electron chi connectivity index (χ2n) is 10.6. The molecule has 0 saturated carbocycles. The van der Waals surface area contributed by atoms with Crippen LogP contribution in [0.1, 0.15) is 43.7 Å². The van der Waals surface area contributed by atoms with Crippen LogP contribution in [0, 0.1) is 5.95 Å². The molecule has 0 fully saturated rings. The van der Waals surface area contributed by atoms with Crippen molar-refractivity contribution in [2.24, 2.45) is 0 Å². The predicted octanol–water partition coefficient (Wildman–Crippen LogP) is 6.86. The second-order valence-corrected chi connectivity index (χ2v) is 11.5. The molecule has 0 amide bonds. The summed E-state index contributed by atoms with van der Waals surface area (Å²) in [7, 11) is 2.01. The molecule has 8 nitrogen and oxygen atoms in total. The van der Waals surface area contributed by atoms with Crippen LogP contribution in [0.5, 0.6) is 11.5 Å². The molecule has 11 heteroatoms. The predicted molar refractivity (Wildman–Crippen MR) is 163 cm³/mol. The summed E-state index contributed by atoms with van der Waals surface area (Å²) in [4.78, 5) is 17.7. The smallest absolute Gasteiger partial charge is 0.220 e. The van der Waals surface area contributed by atoms with Crippen LogP contribution in [0.2, 0.25) is 10.0 Å². The van der Waals surface area contributed by atoms with Crippen LogP contribution in [-0.2, 0) is 6.61 Å². The summed E-state index contributed by atoms with van der Waals surface area (Å²) in [5.41, 5.74) is 3.63. The molecule has 0 atom stereocenters. The number of carbonyl (C=O) groups excluding carboxylic acids is 1. The molecule has 0 saturated heterocycles. The van der Waals surface area contributed by atoms with Crippen molar-refractivity contribution in [3.8, 4) is 39.6 Å². The van der Waals surface area contributed by atoms with Crippen molar-refractivity contribution >= 4 is 29.5 Å². The minimum absolute atomic E-state index is 0.136. The van der Waals surface area contributed by atoms with Crippen molar-refractivity contribution in [3.63, 3.8) is 0 Å². The van der Waals surface area contributed by atoms with Crippen molar-refractivity contribution in [2.75, 3.05) is 26.8 Å². The zero-order valence-electron chi connectivity index (χ0n) is 24.1. The van der Waals surface area contributed by atoms with Gasteiger partial charge in [0.2, 0.25) is 5.95 Å². The average Bonchev–Trinajstić information content (AvgIpc) is 3.32. The van der Waals surface area contributed by atoms with Gasteiger partial charge in [0.15, 0.2) is 6.29 Å². The van der Waals surface area contributed by atoms with E-state index in [4.69, 9.17) is 37.8 Å². The Morgan fingerprint density at radius 1 is 1.14 bits per heavy atom. The number of halogens is 3. The van der Waals surface area contributed by atoms with E-state index in [1.54, 1.807) is 47.1 Å². The largest absolute Gasteiger partial charge is 0.493 e. The topological polar surface area (TPSA) is 89.7 Å². The van der Waals surface area contributed by atoms with Crippen LogP contribution < -0.4 is 9.47 Å². The molecular weight excluding hydrogens is 582 g/mol. The van der Waals surface area contributed by atoms with Crippen LogP contribution in [0.15, 0.2) is 48.7 Å². The minimum atomic E-state index is -0.626. The van der Waals surface area contributed by atoms with Crippen LogP contribution in [0.25, 0.3) is 28.1 Å². The summed E-state index contributed by atoms with van der Waals surface area (Å²) >= 11 is 12.4. The lowest BCUT2D eigenvalue weighted by molar-refractivity contribution is 0.111. The molecular formula is C31H33Cl2FN4O4. The van der Waals surface area contributed by atoms with Gasteiger partial charge in [0.25, 0.3) is 0 Å². The average molecular weight is 616 g/mol. The van der Waals surface area contributed by atoms with Gasteiger partial charge in [-0.2, -0.15) is 9.49 Å². The Hall–Kier alpha value is -3.50. The summed E-state index contributed by atoms with van der Waals surface area (Å²) < 4.78 is 28.0. The Bertz CT molecular complexity index is 1570. The molecule has 0 aliphatic carbocycles. The molecule has 222 valence electrons. The number of rotatable bonds is 7. The van der Waals surface area contributed by atoms with Crippen molar-refractivity contribution in [3.05, 3.63) is 75.9 Å². The number of β-amino-alcohol motifs (C(OH)–C–C–N with tert-alkyl or cyclic N) is 1. The normalized spacial score (nSPS) is 12.1. The molecule has 3 heterocycles. The maximum absolute atomic E-state index is 14.6. The summed E-state index contributed by atoms with van der Waals surface area (Å²) in [5.74, 6) is 0.351. The lowest BCUT2D eigenvalue weighted by Crippen LogP contribution is -2.39. The molecule has 2 aromatic heterocycles. The number of aldehydes is 1. The first-order chi connectivity index (χ1) is 20.0. The number of hydrogen-bond donors (Lipinski definition) is 1. The quantitative estimate of drug-likeness (QED) is 0.180. The lowest BCUT2D eigenvalue weighted by atomic mass is 9.96. The van der Waals surface area contributed by atoms with Gasteiger partial charge in [-0.15, -0.1) is 0 Å². The minimum Gasteiger partial charge on any atom is -0.493 e. The fourth-order valence-electron chi connectivity index (χ4n) is 4.40. The molecule has 2 aromatic carbocycles. The van der Waals surface area contributed by atoms with Gasteiger partial charge >= 0.3 is 0 Å². The first-order valence-electron chi connectivity index (χ1n) is 13.4. The number of aromatic nitrogens is 3. The van der Waals surface area contributed by atoms with E-state index in [0.29, 0.717) is 62.5 Å². The summed E-state index contributed by atoms with van der Waals surface area (Å²) in [6, 6.07) is 11.8.